The van der Waals surface area contributed by atoms with E-state index in [4.69, 9.17) is 4.98 Å². The van der Waals surface area contributed by atoms with Crippen molar-refractivity contribution in [2.24, 2.45) is 0 Å². The number of aryl methyl sites for hydroxylation is 2. The van der Waals surface area contributed by atoms with Crippen molar-refractivity contribution in [2.45, 2.75) is 58.0 Å². The van der Waals surface area contributed by atoms with E-state index < -0.39 is 0 Å². The Kier molecular flexibility index (Phi) is 4.84. The van der Waals surface area contributed by atoms with Gasteiger partial charge in [0.2, 0.25) is 0 Å². The van der Waals surface area contributed by atoms with Gasteiger partial charge in [-0.2, -0.15) is 0 Å². The highest BCUT2D eigenvalue weighted by atomic mass is 32.1. The van der Waals surface area contributed by atoms with E-state index in [9.17, 15) is 9.59 Å². The van der Waals surface area contributed by atoms with Crippen LogP contribution in [-0.2, 0) is 13.0 Å². The van der Waals surface area contributed by atoms with Crippen LogP contribution in [0.4, 0.5) is 0 Å². The molecule has 1 fully saturated rings. The fourth-order valence-corrected chi connectivity index (χ4v) is 5.31. The largest absolute Gasteiger partial charge is 0.338 e. The Bertz CT molecular complexity index is 895. The predicted molar refractivity (Wildman–Crippen MR) is 104 cm³/mol. The highest BCUT2D eigenvalue weighted by molar-refractivity contribution is 7.20. The van der Waals surface area contributed by atoms with Gasteiger partial charge in [-0.3, -0.25) is 14.2 Å². The highest BCUT2D eigenvalue weighted by Gasteiger charge is 2.27. The van der Waals surface area contributed by atoms with Crippen LogP contribution in [0.3, 0.4) is 0 Å². The summed E-state index contributed by atoms with van der Waals surface area (Å²) in [7, 11) is 1.89. The molecule has 6 nitrogen and oxygen atoms in total. The lowest BCUT2D eigenvalue weighted by molar-refractivity contribution is 0.0707. The van der Waals surface area contributed by atoms with Crippen molar-refractivity contribution in [1.82, 2.24) is 19.8 Å². The number of aromatic nitrogens is 2. The van der Waals surface area contributed by atoms with Crippen LogP contribution in [0.15, 0.2) is 4.79 Å². The van der Waals surface area contributed by atoms with Crippen LogP contribution < -0.4 is 10.9 Å². The molecule has 0 spiro atoms. The lowest BCUT2D eigenvalue weighted by atomic mass is 10.0. The number of carbonyl (C=O) groups excluding carboxylic acids is 1. The van der Waals surface area contributed by atoms with Gasteiger partial charge in [-0.05, 0) is 51.3 Å². The van der Waals surface area contributed by atoms with Crippen molar-refractivity contribution >= 4 is 27.5 Å². The van der Waals surface area contributed by atoms with Crippen molar-refractivity contribution < 1.29 is 4.79 Å². The standard InChI is InChI=1S/C19H26N4O2S/c1-12-15-17(21-14-6-4-3-5-11-23(14)18(15)24)26-16(12)19(25)22(2)13-7-9-20-10-8-13/h13,20H,3-11H2,1-2H3. The molecule has 2 aliphatic rings. The van der Waals surface area contributed by atoms with Gasteiger partial charge < -0.3 is 10.2 Å². The lowest BCUT2D eigenvalue weighted by Gasteiger charge is -2.31. The number of hydrogen-bond acceptors (Lipinski definition) is 5. The van der Waals surface area contributed by atoms with Gasteiger partial charge in [0.15, 0.2) is 0 Å². The molecule has 1 amide bonds. The number of fused-ring (bicyclic) bond motifs is 2. The predicted octanol–water partition coefficient (Wildman–Crippen LogP) is 2.32. The molecule has 26 heavy (non-hydrogen) atoms. The number of carbonyl (C=O) groups is 1. The van der Waals surface area contributed by atoms with Gasteiger partial charge >= 0.3 is 0 Å². The van der Waals surface area contributed by atoms with Crippen molar-refractivity contribution in [3.05, 3.63) is 26.6 Å². The first-order valence-electron chi connectivity index (χ1n) is 9.58. The topological polar surface area (TPSA) is 67.2 Å². The number of amides is 1. The zero-order valence-corrected chi connectivity index (χ0v) is 16.3. The first kappa shape index (κ1) is 17.7. The maximum absolute atomic E-state index is 13.1. The minimum Gasteiger partial charge on any atom is -0.338 e. The van der Waals surface area contributed by atoms with E-state index in [0.717, 1.165) is 74.4 Å². The molecular formula is C19H26N4O2S. The third kappa shape index (κ3) is 2.97. The van der Waals surface area contributed by atoms with Crippen LogP contribution in [0.2, 0.25) is 0 Å². The quantitative estimate of drug-likeness (QED) is 0.876. The number of nitrogens with one attached hydrogen (secondary N) is 1. The van der Waals surface area contributed by atoms with Crippen molar-refractivity contribution in [3.8, 4) is 0 Å². The Morgan fingerprint density at radius 3 is 2.81 bits per heavy atom. The van der Waals surface area contributed by atoms with Gasteiger partial charge in [-0.1, -0.05) is 6.42 Å². The maximum atomic E-state index is 13.1. The Morgan fingerprint density at radius 2 is 2.04 bits per heavy atom. The monoisotopic (exact) mass is 374 g/mol. The smallest absolute Gasteiger partial charge is 0.264 e. The zero-order valence-electron chi connectivity index (χ0n) is 15.5. The van der Waals surface area contributed by atoms with Gasteiger partial charge in [0.05, 0.1) is 10.3 Å². The van der Waals surface area contributed by atoms with Crippen molar-refractivity contribution in [2.75, 3.05) is 20.1 Å². The molecule has 0 atom stereocenters. The van der Waals surface area contributed by atoms with Crippen molar-refractivity contribution in [3.63, 3.8) is 0 Å². The average Bonchev–Trinajstić information content (AvgIpc) is 2.83. The molecule has 0 aromatic carbocycles. The minimum absolute atomic E-state index is 0.0250. The molecule has 0 saturated carbocycles. The number of piperidine rings is 1. The third-order valence-electron chi connectivity index (χ3n) is 5.78. The summed E-state index contributed by atoms with van der Waals surface area (Å²) in [6, 6.07) is 0.263. The van der Waals surface area contributed by atoms with Crippen LogP contribution >= 0.6 is 11.3 Å². The first-order chi connectivity index (χ1) is 12.6. The molecule has 1 saturated heterocycles. The molecule has 4 rings (SSSR count). The van der Waals surface area contributed by atoms with Crippen molar-refractivity contribution in [1.29, 1.82) is 0 Å². The van der Waals surface area contributed by atoms with Crippen LogP contribution in [0, 0.1) is 6.92 Å². The van der Waals surface area contributed by atoms with Gasteiger partial charge in [0.1, 0.15) is 10.7 Å². The Hall–Kier alpha value is -1.73. The summed E-state index contributed by atoms with van der Waals surface area (Å²) in [4.78, 5) is 34.2. The summed E-state index contributed by atoms with van der Waals surface area (Å²) in [5, 5.41) is 3.98. The number of hydrogen-bond donors (Lipinski definition) is 1. The third-order valence-corrected chi connectivity index (χ3v) is 6.96. The molecule has 140 valence electrons. The molecule has 1 N–H and O–H groups in total. The number of rotatable bonds is 2. The molecule has 0 unspecified atom stereocenters. The van der Waals surface area contributed by atoms with Crippen LogP contribution in [0.1, 0.15) is 53.2 Å². The Morgan fingerprint density at radius 1 is 1.27 bits per heavy atom. The SMILES string of the molecule is Cc1c(C(=O)N(C)C2CCNCC2)sc2nc3n(c(=O)c12)CCCCC3. The summed E-state index contributed by atoms with van der Waals surface area (Å²) >= 11 is 1.39. The molecule has 2 aromatic heterocycles. The fourth-order valence-electron chi connectivity index (χ4n) is 4.13. The molecule has 2 aromatic rings. The van der Waals surface area contributed by atoms with Gasteiger partial charge in [-0.15, -0.1) is 11.3 Å². The maximum Gasteiger partial charge on any atom is 0.264 e. The summed E-state index contributed by atoms with van der Waals surface area (Å²) in [5.41, 5.74) is 0.831. The second-order valence-corrected chi connectivity index (χ2v) is 8.43. The summed E-state index contributed by atoms with van der Waals surface area (Å²) in [6.07, 6.45) is 6.03. The molecule has 0 aliphatic carbocycles. The second-order valence-electron chi connectivity index (χ2n) is 7.43. The van der Waals surface area contributed by atoms with E-state index in [0.29, 0.717) is 10.3 Å². The zero-order chi connectivity index (χ0) is 18.3. The second kappa shape index (κ2) is 7.12. The Balaban J connectivity index is 1.74. The molecular weight excluding hydrogens is 348 g/mol. The van der Waals surface area contributed by atoms with E-state index in [1.54, 1.807) is 0 Å². The molecule has 0 radical (unpaired) electrons. The van der Waals surface area contributed by atoms with Crippen LogP contribution in [0.25, 0.3) is 10.2 Å². The highest BCUT2D eigenvalue weighted by Crippen LogP contribution is 2.30. The molecule has 4 heterocycles. The van der Waals surface area contributed by atoms with Crippen LogP contribution in [-0.4, -0.2) is 46.5 Å². The fraction of sp³-hybridized carbons (Fsp3) is 0.632. The normalized spacial score (nSPS) is 18.5. The van der Waals surface area contributed by atoms with E-state index in [2.05, 4.69) is 5.32 Å². The molecule has 2 aliphatic heterocycles. The summed E-state index contributed by atoms with van der Waals surface area (Å²) in [6.45, 7) is 4.53. The minimum atomic E-state index is 0.0250. The first-order valence-corrected chi connectivity index (χ1v) is 10.4. The molecule has 7 heteroatoms. The summed E-state index contributed by atoms with van der Waals surface area (Å²) in [5.74, 6) is 0.906. The van der Waals surface area contributed by atoms with E-state index in [1.807, 2.05) is 23.4 Å². The Labute approximate surface area is 157 Å². The lowest BCUT2D eigenvalue weighted by Crippen LogP contribution is -2.43. The van der Waals surface area contributed by atoms with E-state index in [-0.39, 0.29) is 17.5 Å². The molecule has 0 bridgehead atoms. The summed E-state index contributed by atoms with van der Waals surface area (Å²) < 4.78 is 1.83. The van der Waals surface area contributed by atoms with E-state index >= 15 is 0 Å². The number of thiophene rings is 1. The van der Waals surface area contributed by atoms with Crippen LogP contribution in [0.5, 0.6) is 0 Å². The van der Waals surface area contributed by atoms with Gasteiger partial charge in [0, 0.05) is 26.1 Å². The van der Waals surface area contributed by atoms with Gasteiger partial charge in [0.25, 0.3) is 11.5 Å². The average molecular weight is 375 g/mol. The van der Waals surface area contributed by atoms with E-state index in [1.165, 1.54) is 11.3 Å². The number of nitrogens with zero attached hydrogens (tertiary/aromatic N) is 3. The van der Waals surface area contributed by atoms with Gasteiger partial charge in [-0.25, -0.2) is 4.98 Å².